The molecule has 0 fully saturated rings. The van der Waals surface area contributed by atoms with Crippen molar-refractivity contribution in [1.82, 2.24) is 15.1 Å². The van der Waals surface area contributed by atoms with Crippen LogP contribution in [0.2, 0.25) is 0 Å². The van der Waals surface area contributed by atoms with Crippen LogP contribution in [-0.4, -0.2) is 22.9 Å². The van der Waals surface area contributed by atoms with Crippen LogP contribution in [0.3, 0.4) is 0 Å². The van der Waals surface area contributed by atoms with E-state index in [2.05, 4.69) is 29.5 Å². The van der Waals surface area contributed by atoms with Gasteiger partial charge in [-0.05, 0) is 18.7 Å². The Labute approximate surface area is 107 Å². The zero-order valence-corrected chi connectivity index (χ0v) is 10.4. The lowest BCUT2D eigenvalue weighted by atomic mass is 9.96. The molecule has 0 spiro atoms. The summed E-state index contributed by atoms with van der Waals surface area (Å²) in [6.07, 6.45) is 3.80. The average Bonchev–Trinajstić information content (AvgIpc) is 2.93. The van der Waals surface area contributed by atoms with Crippen LogP contribution in [0.4, 0.5) is 0 Å². The summed E-state index contributed by atoms with van der Waals surface area (Å²) >= 11 is 0. The molecular formula is C14H17N3O. The van der Waals surface area contributed by atoms with Gasteiger partial charge in [-0.15, -0.1) is 0 Å². The molecule has 2 heterocycles. The molecule has 4 heteroatoms. The van der Waals surface area contributed by atoms with Gasteiger partial charge in [0, 0.05) is 18.0 Å². The molecule has 1 N–H and O–H groups in total. The summed E-state index contributed by atoms with van der Waals surface area (Å²) in [5.74, 6) is 0.979. The Hall–Kier alpha value is -1.81. The molecule has 1 aliphatic heterocycles. The number of benzene rings is 1. The highest BCUT2D eigenvalue weighted by Gasteiger charge is 2.31. The second kappa shape index (κ2) is 4.82. The van der Waals surface area contributed by atoms with E-state index in [1.807, 2.05) is 35.3 Å². The summed E-state index contributed by atoms with van der Waals surface area (Å²) < 4.78 is 7.81. The number of nitrogens with one attached hydrogen (secondary N) is 1. The van der Waals surface area contributed by atoms with E-state index < -0.39 is 0 Å². The average molecular weight is 243 g/mol. The van der Waals surface area contributed by atoms with Gasteiger partial charge >= 0.3 is 0 Å². The van der Waals surface area contributed by atoms with E-state index in [0.717, 1.165) is 12.3 Å². The predicted octanol–water partition coefficient (Wildman–Crippen LogP) is 2.17. The van der Waals surface area contributed by atoms with E-state index >= 15 is 0 Å². The highest BCUT2D eigenvalue weighted by atomic mass is 16.5. The van der Waals surface area contributed by atoms with E-state index in [1.165, 1.54) is 5.56 Å². The van der Waals surface area contributed by atoms with Crippen LogP contribution in [0, 0.1) is 0 Å². The van der Waals surface area contributed by atoms with Gasteiger partial charge in [-0.3, -0.25) is 4.68 Å². The van der Waals surface area contributed by atoms with Gasteiger partial charge in [0.15, 0.2) is 0 Å². The van der Waals surface area contributed by atoms with Crippen molar-refractivity contribution in [3.63, 3.8) is 0 Å². The number of aromatic nitrogens is 2. The van der Waals surface area contributed by atoms with Gasteiger partial charge in [0.05, 0.1) is 6.04 Å². The van der Waals surface area contributed by atoms with Crippen molar-refractivity contribution in [2.24, 2.45) is 0 Å². The SMILES string of the molecule is CCNC1c2ccccc2OCC1n1cccn1. The Kier molecular flexibility index (Phi) is 3.02. The first-order valence-electron chi connectivity index (χ1n) is 6.34. The van der Waals surface area contributed by atoms with Crippen molar-refractivity contribution >= 4 is 0 Å². The zero-order valence-electron chi connectivity index (χ0n) is 10.4. The van der Waals surface area contributed by atoms with Crippen LogP contribution in [-0.2, 0) is 0 Å². The maximum absolute atomic E-state index is 5.84. The fourth-order valence-electron chi connectivity index (χ4n) is 2.52. The van der Waals surface area contributed by atoms with Crippen LogP contribution >= 0.6 is 0 Å². The quantitative estimate of drug-likeness (QED) is 0.898. The largest absolute Gasteiger partial charge is 0.491 e. The number of rotatable bonds is 3. The summed E-state index contributed by atoms with van der Waals surface area (Å²) in [5.41, 5.74) is 1.21. The summed E-state index contributed by atoms with van der Waals surface area (Å²) in [5, 5.41) is 7.88. The molecule has 0 aliphatic carbocycles. The maximum atomic E-state index is 5.84. The molecule has 1 aliphatic rings. The van der Waals surface area contributed by atoms with Gasteiger partial charge in [-0.25, -0.2) is 0 Å². The number of ether oxygens (including phenoxy) is 1. The third-order valence-electron chi connectivity index (χ3n) is 3.34. The molecule has 4 nitrogen and oxygen atoms in total. The lowest BCUT2D eigenvalue weighted by Crippen LogP contribution is -2.37. The number of hydrogen-bond acceptors (Lipinski definition) is 3. The van der Waals surface area contributed by atoms with Gasteiger partial charge in [0.2, 0.25) is 0 Å². The molecule has 0 bridgehead atoms. The molecule has 0 saturated carbocycles. The second-order valence-corrected chi connectivity index (χ2v) is 4.44. The molecule has 94 valence electrons. The first-order valence-corrected chi connectivity index (χ1v) is 6.34. The Balaban J connectivity index is 1.98. The summed E-state index contributed by atoms with van der Waals surface area (Å²) in [7, 11) is 0. The number of hydrogen-bond donors (Lipinski definition) is 1. The highest BCUT2D eigenvalue weighted by Crippen LogP contribution is 2.37. The number of para-hydroxylation sites is 1. The topological polar surface area (TPSA) is 39.1 Å². The lowest BCUT2D eigenvalue weighted by Gasteiger charge is -2.34. The Bertz CT molecular complexity index is 510. The lowest BCUT2D eigenvalue weighted by molar-refractivity contribution is 0.171. The molecule has 3 rings (SSSR count). The molecule has 18 heavy (non-hydrogen) atoms. The monoisotopic (exact) mass is 243 g/mol. The van der Waals surface area contributed by atoms with Gasteiger partial charge < -0.3 is 10.1 Å². The van der Waals surface area contributed by atoms with Gasteiger partial charge in [0.1, 0.15) is 18.4 Å². The molecule has 1 aromatic heterocycles. The standard InChI is InChI=1S/C14H17N3O/c1-2-15-14-11-6-3-4-7-13(11)18-10-12(14)17-9-5-8-16-17/h3-9,12,14-15H,2,10H2,1H3. The van der Waals surface area contributed by atoms with Crippen LogP contribution in [0.1, 0.15) is 24.6 Å². The smallest absolute Gasteiger partial charge is 0.124 e. The van der Waals surface area contributed by atoms with Crippen LogP contribution in [0.15, 0.2) is 42.7 Å². The minimum atomic E-state index is 0.204. The fourth-order valence-corrected chi connectivity index (χ4v) is 2.52. The van der Waals surface area contributed by atoms with Crippen molar-refractivity contribution in [3.8, 4) is 5.75 Å². The minimum Gasteiger partial charge on any atom is -0.491 e. The normalized spacial score (nSPS) is 22.3. The van der Waals surface area contributed by atoms with E-state index in [0.29, 0.717) is 6.61 Å². The first kappa shape index (κ1) is 11.3. The Morgan fingerprint density at radius 1 is 1.39 bits per heavy atom. The fraction of sp³-hybridized carbons (Fsp3) is 0.357. The van der Waals surface area contributed by atoms with Crippen LogP contribution < -0.4 is 10.1 Å². The summed E-state index contributed by atoms with van der Waals surface area (Å²) in [4.78, 5) is 0. The molecule has 1 aromatic carbocycles. The van der Waals surface area contributed by atoms with Gasteiger partial charge in [0.25, 0.3) is 0 Å². The third-order valence-corrected chi connectivity index (χ3v) is 3.34. The van der Waals surface area contributed by atoms with E-state index in [4.69, 9.17) is 4.74 Å². The van der Waals surface area contributed by atoms with E-state index in [1.54, 1.807) is 0 Å². The molecule has 0 amide bonds. The van der Waals surface area contributed by atoms with E-state index in [-0.39, 0.29) is 12.1 Å². The predicted molar refractivity (Wildman–Crippen MR) is 69.6 cm³/mol. The maximum Gasteiger partial charge on any atom is 0.124 e. The molecule has 0 radical (unpaired) electrons. The van der Waals surface area contributed by atoms with Gasteiger partial charge in [-0.1, -0.05) is 25.1 Å². The number of fused-ring (bicyclic) bond motifs is 1. The minimum absolute atomic E-state index is 0.204. The van der Waals surface area contributed by atoms with Crippen molar-refractivity contribution in [1.29, 1.82) is 0 Å². The van der Waals surface area contributed by atoms with Crippen molar-refractivity contribution < 1.29 is 4.74 Å². The molecule has 2 unspecified atom stereocenters. The first-order chi connectivity index (χ1) is 8.90. The van der Waals surface area contributed by atoms with Crippen molar-refractivity contribution in [3.05, 3.63) is 48.3 Å². The number of likely N-dealkylation sites (N-methyl/N-ethyl adjacent to an activating group) is 1. The third kappa shape index (κ3) is 1.88. The molecular weight excluding hydrogens is 226 g/mol. The van der Waals surface area contributed by atoms with Crippen molar-refractivity contribution in [2.75, 3.05) is 13.2 Å². The highest BCUT2D eigenvalue weighted by molar-refractivity contribution is 5.38. The van der Waals surface area contributed by atoms with E-state index in [9.17, 15) is 0 Å². The second-order valence-electron chi connectivity index (χ2n) is 4.44. The van der Waals surface area contributed by atoms with Crippen LogP contribution in [0.25, 0.3) is 0 Å². The molecule has 2 aromatic rings. The summed E-state index contributed by atoms with van der Waals surface area (Å²) in [6.45, 7) is 3.70. The van der Waals surface area contributed by atoms with Crippen molar-refractivity contribution in [2.45, 2.75) is 19.0 Å². The molecule has 0 saturated heterocycles. The summed E-state index contributed by atoms with van der Waals surface area (Å²) in [6, 6.07) is 10.6. The Morgan fingerprint density at radius 2 is 2.28 bits per heavy atom. The van der Waals surface area contributed by atoms with Crippen LogP contribution in [0.5, 0.6) is 5.75 Å². The Morgan fingerprint density at radius 3 is 3.06 bits per heavy atom. The number of nitrogens with zero attached hydrogens (tertiary/aromatic N) is 2. The van der Waals surface area contributed by atoms with Gasteiger partial charge in [-0.2, -0.15) is 5.10 Å². The zero-order chi connectivity index (χ0) is 12.4. The molecule has 2 atom stereocenters.